The summed E-state index contributed by atoms with van der Waals surface area (Å²) in [4.78, 5) is 69.4. The molecule has 8 N–H and O–H groups in total. The number of nitrogens with zero attached hydrogens (tertiary/aromatic N) is 4. The molecule has 2 amide bonds. The molecule has 2 aromatic rings. The zero-order valence-electron chi connectivity index (χ0n) is 28.9. The Balaban J connectivity index is 1.87. The molecule has 1 aliphatic rings. The topological polar surface area (TPSA) is 229 Å². The lowest BCUT2D eigenvalue weighted by Crippen LogP contribution is -2.57. The van der Waals surface area contributed by atoms with E-state index in [0.717, 1.165) is 11.1 Å². The molecule has 0 radical (unpaired) electrons. The number of phenolic OH excluding ortho intramolecular Hbond substituents is 1. The fraction of sp³-hybridized carbons (Fsp3) is 0.500. The van der Waals surface area contributed by atoms with Crippen molar-refractivity contribution in [3.8, 4) is 5.75 Å². The van der Waals surface area contributed by atoms with Crippen LogP contribution in [0.4, 0.5) is 0 Å². The first kappa shape index (κ1) is 43.3. The van der Waals surface area contributed by atoms with Crippen molar-refractivity contribution in [1.82, 2.24) is 30.2 Å². The summed E-state index contributed by atoms with van der Waals surface area (Å²) < 4.78 is 1.22. The number of carbonyl (C=O) groups excluding carboxylic acids is 2. The van der Waals surface area contributed by atoms with Crippen molar-refractivity contribution in [1.29, 1.82) is 0 Å². The van der Waals surface area contributed by atoms with Gasteiger partial charge in [-0.1, -0.05) is 30.3 Å². The molecule has 286 valence electrons. The van der Waals surface area contributed by atoms with Crippen molar-refractivity contribution in [2.45, 2.75) is 31.5 Å². The quantitative estimate of drug-likeness (QED) is 0.119. The smallest absolute Gasteiger partial charge is 0.317 e. The summed E-state index contributed by atoms with van der Waals surface area (Å²) in [5.41, 5.74) is 7.94. The fourth-order valence-electron chi connectivity index (χ4n) is 5.76. The molecular weight excluding hydrogens is 904 g/mol. The number of aromatic hydroxyl groups is 1. The molecule has 0 aromatic heterocycles. The molecule has 1 aliphatic heterocycles. The number of aliphatic carboxylic acids is 3. The van der Waals surface area contributed by atoms with Crippen molar-refractivity contribution in [2.24, 2.45) is 5.73 Å². The van der Waals surface area contributed by atoms with Crippen LogP contribution in [0.15, 0.2) is 42.5 Å². The van der Waals surface area contributed by atoms with Gasteiger partial charge in [-0.3, -0.25) is 43.6 Å². The van der Waals surface area contributed by atoms with Crippen molar-refractivity contribution in [3.05, 3.63) is 60.7 Å². The molecule has 0 aliphatic carbocycles. The van der Waals surface area contributed by atoms with Gasteiger partial charge < -0.3 is 36.8 Å². The summed E-state index contributed by atoms with van der Waals surface area (Å²) in [6.45, 7) is 2.95. The van der Waals surface area contributed by atoms with Gasteiger partial charge in [0.05, 0.1) is 38.9 Å². The van der Waals surface area contributed by atoms with Gasteiger partial charge in [-0.2, -0.15) is 0 Å². The molecule has 2 aromatic carbocycles. The molecule has 0 spiro atoms. The second kappa shape index (κ2) is 21.5. The summed E-state index contributed by atoms with van der Waals surface area (Å²) in [5, 5.41) is 44.6. The summed E-state index contributed by atoms with van der Waals surface area (Å²) in [6.07, 6.45) is 0.143. The van der Waals surface area contributed by atoms with E-state index in [1.54, 1.807) is 26.8 Å². The second-order valence-corrected chi connectivity index (χ2v) is 15.1. The third-order valence-corrected chi connectivity index (χ3v) is 10.3. The zero-order chi connectivity index (χ0) is 38.4. The van der Waals surface area contributed by atoms with Crippen LogP contribution >= 0.6 is 45.2 Å². The van der Waals surface area contributed by atoms with Gasteiger partial charge in [0.1, 0.15) is 11.8 Å². The number of carbonyl (C=O) groups is 5. The number of carboxylic acids is 3. The Morgan fingerprint density at radius 2 is 1.13 bits per heavy atom. The molecule has 1 heterocycles. The van der Waals surface area contributed by atoms with Crippen LogP contribution < -0.4 is 16.4 Å². The lowest BCUT2D eigenvalue weighted by Gasteiger charge is -2.34. The van der Waals surface area contributed by atoms with Crippen LogP contribution in [0.2, 0.25) is 0 Å². The molecule has 16 nitrogen and oxygen atoms in total. The minimum atomic E-state index is -1.09. The first-order valence-corrected chi connectivity index (χ1v) is 18.9. The van der Waals surface area contributed by atoms with Gasteiger partial charge in [-0.25, -0.2) is 0 Å². The van der Waals surface area contributed by atoms with Crippen LogP contribution in [0.5, 0.6) is 5.75 Å². The lowest BCUT2D eigenvalue weighted by molar-refractivity contribution is -0.140. The number of carboxylic acid groups (broad SMARTS) is 3. The summed E-state index contributed by atoms with van der Waals surface area (Å²) in [6, 6.07) is 10.3. The van der Waals surface area contributed by atoms with E-state index in [9.17, 15) is 44.4 Å². The van der Waals surface area contributed by atoms with Crippen LogP contribution in [-0.2, 0) is 30.4 Å². The number of hydrogen-bond donors (Lipinski definition) is 7. The van der Waals surface area contributed by atoms with Gasteiger partial charge in [0, 0.05) is 58.9 Å². The van der Waals surface area contributed by atoms with Crippen LogP contribution in [-0.4, -0.2) is 160 Å². The predicted molar refractivity (Wildman–Crippen MR) is 209 cm³/mol. The molecule has 3 rings (SSSR count). The lowest BCUT2D eigenvalue weighted by atomic mass is 10.0. The third-order valence-electron chi connectivity index (χ3n) is 8.61. The maximum Gasteiger partial charge on any atom is 0.317 e. The van der Waals surface area contributed by atoms with E-state index in [1.807, 2.05) is 87.3 Å². The molecular formula is C34H47I2N7O9. The maximum atomic E-state index is 13.9. The molecule has 1 saturated heterocycles. The van der Waals surface area contributed by atoms with E-state index >= 15 is 0 Å². The first-order chi connectivity index (χ1) is 24.6. The van der Waals surface area contributed by atoms with Gasteiger partial charge in [-0.15, -0.1) is 0 Å². The Hall–Kier alpha value is -3.15. The van der Waals surface area contributed by atoms with Crippen LogP contribution in [0, 0.1) is 7.14 Å². The van der Waals surface area contributed by atoms with Crippen molar-refractivity contribution in [3.63, 3.8) is 0 Å². The highest BCUT2D eigenvalue weighted by Crippen LogP contribution is 2.27. The molecule has 3 atom stereocenters. The number of nitrogens with one attached hydrogen (secondary N) is 2. The van der Waals surface area contributed by atoms with E-state index in [0.29, 0.717) is 7.14 Å². The fourth-order valence-corrected chi connectivity index (χ4v) is 7.66. The van der Waals surface area contributed by atoms with Gasteiger partial charge in [0.15, 0.2) is 0 Å². The number of hydrogen-bond acceptors (Lipinski definition) is 11. The number of benzene rings is 2. The average Bonchev–Trinajstić information content (AvgIpc) is 3.07. The van der Waals surface area contributed by atoms with E-state index in [1.165, 1.54) is 0 Å². The number of rotatable bonds is 15. The standard InChI is InChI=1S/C34H47I2N7O9/c1-22(24-5-3-2-4-6-24)38-34(52)28(39-33(51)27(37)17-23-15-25(35)32(50)26(36)16-23)18-40-7-9-41(19-29(44)45)11-13-43(21-31(48)49)14-12-42(10-8-40)20-30(46)47/h2-6,15-16,22,27-28,50H,7-14,17-21,37H2,1H3,(H,38,52)(H,39,51)(H,44,45)(H,46,47)(H,48,49)/t22-,27?,28?/m0/s1. The second-order valence-electron chi connectivity index (χ2n) is 12.7. The Kier molecular flexibility index (Phi) is 17.9. The summed E-state index contributed by atoms with van der Waals surface area (Å²) >= 11 is 4.00. The zero-order valence-corrected chi connectivity index (χ0v) is 33.2. The molecule has 18 heteroatoms. The van der Waals surface area contributed by atoms with E-state index in [4.69, 9.17) is 5.73 Å². The number of amides is 2. The Labute approximate surface area is 329 Å². The highest BCUT2D eigenvalue weighted by molar-refractivity contribution is 14.1. The minimum Gasteiger partial charge on any atom is -0.506 e. The summed E-state index contributed by atoms with van der Waals surface area (Å²) in [5.74, 6) is -4.05. The van der Waals surface area contributed by atoms with E-state index < -0.39 is 47.8 Å². The van der Waals surface area contributed by atoms with Gasteiger partial charge in [-0.05, 0) is 81.8 Å². The normalized spacial score (nSPS) is 17.5. The largest absolute Gasteiger partial charge is 0.506 e. The molecule has 52 heavy (non-hydrogen) atoms. The van der Waals surface area contributed by atoms with Gasteiger partial charge in [0.2, 0.25) is 11.8 Å². The van der Waals surface area contributed by atoms with Crippen molar-refractivity contribution < 1.29 is 44.4 Å². The third kappa shape index (κ3) is 15.1. The van der Waals surface area contributed by atoms with E-state index in [2.05, 4.69) is 10.6 Å². The average molecular weight is 952 g/mol. The number of halogens is 2. The van der Waals surface area contributed by atoms with Crippen LogP contribution in [0.3, 0.4) is 0 Å². The number of phenols is 1. The van der Waals surface area contributed by atoms with Crippen LogP contribution in [0.1, 0.15) is 24.1 Å². The minimum absolute atomic E-state index is 0.00771. The Morgan fingerprint density at radius 3 is 1.56 bits per heavy atom. The molecule has 2 unspecified atom stereocenters. The maximum absolute atomic E-state index is 13.9. The van der Waals surface area contributed by atoms with Gasteiger partial charge in [0.25, 0.3) is 0 Å². The Bertz CT molecular complexity index is 1480. The first-order valence-electron chi connectivity index (χ1n) is 16.7. The molecule has 1 fully saturated rings. The highest BCUT2D eigenvalue weighted by atomic mass is 127. The van der Waals surface area contributed by atoms with Crippen molar-refractivity contribution >= 4 is 74.9 Å². The van der Waals surface area contributed by atoms with Crippen molar-refractivity contribution in [2.75, 3.05) is 78.5 Å². The SMILES string of the molecule is C[C@H](NC(=O)C(CN1CCN(CC(=O)O)CCN(CC(=O)O)CCN(CC(=O)O)CC1)NC(=O)C(N)Cc1cc(I)c(O)c(I)c1)c1ccccc1. The molecule has 0 bridgehead atoms. The Morgan fingerprint density at radius 1 is 0.712 bits per heavy atom. The monoisotopic (exact) mass is 951 g/mol. The highest BCUT2D eigenvalue weighted by Gasteiger charge is 2.29. The number of nitrogens with two attached hydrogens (primary N) is 1. The van der Waals surface area contributed by atoms with E-state index in [-0.39, 0.29) is 90.7 Å². The van der Waals surface area contributed by atoms with Gasteiger partial charge >= 0.3 is 17.9 Å². The van der Waals surface area contributed by atoms with Crippen LogP contribution in [0.25, 0.3) is 0 Å². The summed E-state index contributed by atoms with van der Waals surface area (Å²) in [7, 11) is 0. The predicted octanol–water partition coefficient (Wildman–Crippen LogP) is 0.309. The molecule has 0 saturated carbocycles.